The maximum Gasteiger partial charge on any atom is 0.191 e. The third-order valence-electron chi connectivity index (χ3n) is 5.15. The molecule has 1 fully saturated rings. The van der Waals surface area contributed by atoms with Crippen molar-refractivity contribution in [3.05, 3.63) is 65.5 Å². The van der Waals surface area contributed by atoms with Crippen LogP contribution in [0.1, 0.15) is 37.0 Å². The zero-order valence-corrected chi connectivity index (χ0v) is 19.2. The molecule has 29 heavy (non-hydrogen) atoms. The molecule has 0 amide bonds. The quantitative estimate of drug-likeness (QED) is 0.286. The van der Waals surface area contributed by atoms with Gasteiger partial charge in [-0.25, -0.2) is 4.39 Å². The van der Waals surface area contributed by atoms with Crippen molar-refractivity contribution in [2.24, 2.45) is 4.99 Å². The van der Waals surface area contributed by atoms with Gasteiger partial charge < -0.3 is 20.5 Å². The number of rotatable bonds is 8. The lowest BCUT2D eigenvalue weighted by Gasteiger charge is -2.18. The van der Waals surface area contributed by atoms with Gasteiger partial charge in [0.15, 0.2) is 5.96 Å². The van der Waals surface area contributed by atoms with Crippen molar-refractivity contribution in [3.63, 3.8) is 0 Å². The van der Waals surface area contributed by atoms with E-state index in [-0.39, 0.29) is 35.2 Å². The number of ether oxygens (including phenoxy) is 1. The highest BCUT2D eigenvalue weighted by Crippen LogP contribution is 2.49. The molecule has 1 atom stereocenters. The number of aliphatic hydroxyl groups excluding tert-OH is 1. The molecular formula is C22H29FIN3O2. The summed E-state index contributed by atoms with van der Waals surface area (Å²) >= 11 is 0. The normalized spacial score (nSPS) is 15.8. The van der Waals surface area contributed by atoms with Crippen LogP contribution < -0.4 is 15.4 Å². The van der Waals surface area contributed by atoms with E-state index in [1.807, 2.05) is 43.3 Å². The van der Waals surface area contributed by atoms with Gasteiger partial charge in [0, 0.05) is 18.5 Å². The fraction of sp³-hybridized carbons (Fsp3) is 0.409. The summed E-state index contributed by atoms with van der Waals surface area (Å²) in [5, 5.41) is 16.8. The smallest absolute Gasteiger partial charge is 0.191 e. The Hall–Kier alpha value is -1.87. The van der Waals surface area contributed by atoms with Crippen LogP contribution in [0.4, 0.5) is 4.39 Å². The van der Waals surface area contributed by atoms with Crippen LogP contribution in [0.3, 0.4) is 0 Å². The summed E-state index contributed by atoms with van der Waals surface area (Å²) in [4.78, 5) is 4.65. The van der Waals surface area contributed by atoms with Gasteiger partial charge in [-0.05, 0) is 49.1 Å². The minimum atomic E-state index is -0.670. The third-order valence-corrected chi connectivity index (χ3v) is 5.15. The van der Waals surface area contributed by atoms with Gasteiger partial charge in [-0.2, -0.15) is 0 Å². The molecule has 1 aliphatic carbocycles. The Bertz CT molecular complexity index is 810. The van der Waals surface area contributed by atoms with Gasteiger partial charge >= 0.3 is 0 Å². The van der Waals surface area contributed by atoms with Crippen LogP contribution in [-0.4, -0.2) is 37.8 Å². The second kappa shape index (κ2) is 10.8. The van der Waals surface area contributed by atoms with Gasteiger partial charge in [-0.3, -0.25) is 4.99 Å². The predicted octanol–water partition coefficient (Wildman–Crippen LogP) is 3.77. The van der Waals surface area contributed by atoms with Gasteiger partial charge in [0.2, 0.25) is 0 Å². The highest BCUT2D eigenvalue weighted by Gasteiger charge is 2.45. The number of nitrogens with one attached hydrogen (secondary N) is 2. The highest BCUT2D eigenvalue weighted by atomic mass is 127. The molecule has 0 spiro atoms. The summed E-state index contributed by atoms with van der Waals surface area (Å²) in [5.74, 6) is 1.21. The zero-order chi connectivity index (χ0) is 20.0. The SMILES string of the molecule is CCNC(=NCC1(c2ccccc2F)CC1)NCC(O)c1ccc(OC)cc1.I. The van der Waals surface area contributed by atoms with Gasteiger partial charge in [-0.15, -0.1) is 24.0 Å². The van der Waals surface area contributed by atoms with Crippen molar-refractivity contribution < 1.29 is 14.2 Å². The van der Waals surface area contributed by atoms with Crippen LogP contribution in [0, 0.1) is 5.82 Å². The van der Waals surface area contributed by atoms with E-state index < -0.39 is 6.10 Å². The summed E-state index contributed by atoms with van der Waals surface area (Å²) in [5.41, 5.74) is 1.34. The number of hydrogen-bond donors (Lipinski definition) is 3. The number of halogens is 2. The Morgan fingerprint density at radius 1 is 1.17 bits per heavy atom. The Balaban J connectivity index is 0.00000300. The lowest BCUT2D eigenvalue weighted by molar-refractivity contribution is 0.180. The molecule has 0 aliphatic heterocycles. The number of hydrogen-bond acceptors (Lipinski definition) is 3. The van der Waals surface area contributed by atoms with Crippen molar-refractivity contribution in [3.8, 4) is 5.75 Å². The fourth-order valence-electron chi connectivity index (χ4n) is 3.26. The Kier molecular flexibility index (Phi) is 8.70. The minimum Gasteiger partial charge on any atom is -0.497 e. The molecule has 158 valence electrons. The van der Waals surface area contributed by atoms with E-state index in [9.17, 15) is 9.50 Å². The van der Waals surface area contributed by atoms with Crippen LogP contribution in [0.5, 0.6) is 5.75 Å². The molecule has 0 aromatic heterocycles. The summed E-state index contributed by atoms with van der Waals surface area (Å²) in [6.07, 6.45) is 1.20. The number of aliphatic hydroxyl groups is 1. The fourth-order valence-corrected chi connectivity index (χ4v) is 3.26. The van der Waals surface area contributed by atoms with Gasteiger partial charge in [0.05, 0.1) is 19.8 Å². The molecule has 2 aromatic rings. The minimum absolute atomic E-state index is 0. The maximum atomic E-state index is 14.2. The topological polar surface area (TPSA) is 65.9 Å². The molecule has 3 rings (SSSR count). The van der Waals surface area contributed by atoms with Crippen molar-refractivity contribution in [2.75, 3.05) is 26.7 Å². The number of methoxy groups -OCH3 is 1. The summed E-state index contributed by atoms with van der Waals surface area (Å²) in [7, 11) is 1.61. The molecule has 1 unspecified atom stereocenters. The number of nitrogens with zero attached hydrogens (tertiary/aromatic N) is 1. The molecule has 7 heteroatoms. The van der Waals surface area contributed by atoms with E-state index in [1.165, 1.54) is 6.07 Å². The highest BCUT2D eigenvalue weighted by molar-refractivity contribution is 14.0. The Labute approximate surface area is 188 Å². The van der Waals surface area contributed by atoms with Crippen molar-refractivity contribution in [1.29, 1.82) is 0 Å². The zero-order valence-electron chi connectivity index (χ0n) is 16.8. The lowest BCUT2D eigenvalue weighted by Crippen LogP contribution is -2.40. The van der Waals surface area contributed by atoms with E-state index in [2.05, 4.69) is 15.6 Å². The van der Waals surface area contributed by atoms with Gasteiger partial charge in [0.25, 0.3) is 0 Å². The molecule has 1 aliphatic rings. The van der Waals surface area contributed by atoms with Crippen LogP contribution >= 0.6 is 24.0 Å². The van der Waals surface area contributed by atoms with E-state index in [0.29, 0.717) is 25.6 Å². The standard InChI is InChI=1S/C22H28FN3O2.HI/c1-3-24-21(25-14-20(27)16-8-10-17(28-2)11-9-16)26-15-22(12-13-22)18-6-4-5-7-19(18)23;/h4-11,20,27H,3,12-15H2,1-2H3,(H2,24,25,26);1H. The summed E-state index contributed by atoms with van der Waals surface area (Å²) < 4.78 is 19.3. The second-order valence-corrected chi connectivity index (χ2v) is 7.13. The molecule has 5 nitrogen and oxygen atoms in total. The second-order valence-electron chi connectivity index (χ2n) is 7.13. The molecule has 0 saturated heterocycles. The first kappa shape index (κ1) is 23.4. The van der Waals surface area contributed by atoms with Crippen molar-refractivity contribution >= 4 is 29.9 Å². The molecular weight excluding hydrogens is 484 g/mol. The molecule has 2 aromatic carbocycles. The van der Waals surface area contributed by atoms with Crippen LogP contribution in [0.25, 0.3) is 0 Å². The monoisotopic (exact) mass is 513 g/mol. The Morgan fingerprint density at radius 2 is 1.86 bits per heavy atom. The van der Waals surface area contributed by atoms with Crippen LogP contribution in [-0.2, 0) is 5.41 Å². The number of benzene rings is 2. The van der Waals surface area contributed by atoms with Crippen molar-refractivity contribution in [2.45, 2.75) is 31.3 Å². The molecule has 0 radical (unpaired) electrons. The average molecular weight is 513 g/mol. The summed E-state index contributed by atoms with van der Waals surface area (Å²) in [6, 6.07) is 14.3. The van der Waals surface area contributed by atoms with E-state index >= 15 is 0 Å². The third kappa shape index (κ3) is 6.05. The first-order valence-electron chi connectivity index (χ1n) is 9.67. The van der Waals surface area contributed by atoms with E-state index in [0.717, 1.165) is 29.7 Å². The molecule has 3 N–H and O–H groups in total. The van der Waals surface area contributed by atoms with E-state index in [4.69, 9.17) is 4.74 Å². The van der Waals surface area contributed by atoms with Crippen LogP contribution in [0.2, 0.25) is 0 Å². The molecule has 1 saturated carbocycles. The van der Waals surface area contributed by atoms with Gasteiger partial charge in [-0.1, -0.05) is 30.3 Å². The van der Waals surface area contributed by atoms with Crippen LogP contribution in [0.15, 0.2) is 53.5 Å². The largest absolute Gasteiger partial charge is 0.497 e. The number of guanidine groups is 1. The average Bonchev–Trinajstić information content (AvgIpc) is 3.51. The number of aliphatic imine (C=N–C) groups is 1. The van der Waals surface area contributed by atoms with E-state index in [1.54, 1.807) is 13.2 Å². The van der Waals surface area contributed by atoms with Gasteiger partial charge in [0.1, 0.15) is 11.6 Å². The predicted molar refractivity (Wildman–Crippen MR) is 125 cm³/mol. The molecule has 0 bridgehead atoms. The van der Waals surface area contributed by atoms with Crippen molar-refractivity contribution in [1.82, 2.24) is 10.6 Å². The first-order valence-corrected chi connectivity index (χ1v) is 9.67. The molecule has 0 heterocycles. The Morgan fingerprint density at radius 3 is 2.45 bits per heavy atom. The summed E-state index contributed by atoms with van der Waals surface area (Å²) in [6.45, 7) is 3.53. The first-order chi connectivity index (χ1) is 13.6. The maximum absolute atomic E-state index is 14.2. The lowest BCUT2D eigenvalue weighted by atomic mass is 9.95.